The monoisotopic (exact) mass is 279 g/mol. The number of carbonyl (C=O) groups excluding carboxylic acids is 1. The highest BCUT2D eigenvalue weighted by atomic mass is 16.5. The SMILES string of the molecule is Cc1cccc(N)c1NC(=O)CN1CCOCC1CO. The van der Waals surface area contributed by atoms with E-state index in [0.29, 0.717) is 31.1 Å². The van der Waals surface area contributed by atoms with Crippen molar-refractivity contribution in [3.63, 3.8) is 0 Å². The molecule has 1 unspecified atom stereocenters. The third kappa shape index (κ3) is 3.47. The molecule has 1 aliphatic rings. The zero-order valence-corrected chi connectivity index (χ0v) is 11.6. The Hall–Kier alpha value is -1.63. The molecular weight excluding hydrogens is 258 g/mol. The fourth-order valence-electron chi connectivity index (χ4n) is 2.29. The van der Waals surface area contributed by atoms with E-state index < -0.39 is 0 Å². The maximum atomic E-state index is 12.1. The van der Waals surface area contributed by atoms with Crippen LogP contribution < -0.4 is 11.1 Å². The summed E-state index contributed by atoms with van der Waals surface area (Å²) in [4.78, 5) is 14.0. The van der Waals surface area contributed by atoms with Crippen molar-refractivity contribution in [2.24, 2.45) is 0 Å². The fraction of sp³-hybridized carbons (Fsp3) is 0.500. The molecule has 0 spiro atoms. The molecule has 1 amide bonds. The number of nitrogens with one attached hydrogen (secondary N) is 1. The summed E-state index contributed by atoms with van der Waals surface area (Å²) in [6, 6.07) is 5.39. The van der Waals surface area contributed by atoms with Crippen LogP contribution >= 0.6 is 0 Å². The average Bonchev–Trinajstić information content (AvgIpc) is 2.44. The Morgan fingerprint density at radius 2 is 2.40 bits per heavy atom. The van der Waals surface area contributed by atoms with Crippen LogP contribution in [0.5, 0.6) is 0 Å². The largest absolute Gasteiger partial charge is 0.397 e. The molecule has 1 saturated heterocycles. The summed E-state index contributed by atoms with van der Waals surface area (Å²) in [5.74, 6) is -0.133. The molecule has 1 atom stereocenters. The number of hydrogen-bond donors (Lipinski definition) is 3. The van der Waals surface area contributed by atoms with E-state index in [-0.39, 0.29) is 25.1 Å². The van der Waals surface area contributed by atoms with Crippen molar-refractivity contribution in [2.45, 2.75) is 13.0 Å². The predicted octanol–water partition coefficient (Wildman–Crippen LogP) is 0.209. The van der Waals surface area contributed by atoms with Gasteiger partial charge in [-0.2, -0.15) is 0 Å². The summed E-state index contributed by atoms with van der Waals surface area (Å²) >= 11 is 0. The number of nitrogen functional groups attached to an aromatic ring is 1. The molecule has 6 heteroatoms. The van der Waals surface area contributed by atoms with E-state index in [1.54, 1.807) is 6.07 Å². The lowest BCUT2D eigenvalue weighted by molar-refractivity contribution is -0.120. The highest BCUT2D eigenvalue weighted by Crippen LogP contribution is 2.22. The van der Waals surface area contributed by atoms with Crippen molar-refractivity contribution in [2.75, 3.05) is 44.0 Å². The molecule has 0 aliphatic carbocycles. The van der Waals surface area contributed by atoms with Gasteiger partial charge in [0.1, 0.15) is 0 Å². The Kier molecular flexibility index (Phi) is 4.94. The van der Waals surface area contributed by atoms with Gasteiger partial charge in [-0.05, 0) is 18.6 Å². The van der Waals surface area contributed by atoms with Gasteiger partial charge in [-0.15, -0.1) is 0 Å². The molecule has 4 N–H and O–H groups in total. The highest BCUT2D eigenvalue weighted by molar-refractivity contribution is 5.96. The molecule has 0 bridgehead atoms. The van der Waals surface area contributed by atoms with Gasteiger partial charge in [-0.3, -0.25) is 9.69 Å². The number of carbonyl (C=O) groups is 1. The van der Waals surface area contributed by atoms with Crippen LogP contribution in [0.1, 0.15) is 5.56 Å². The minimum Gasteiger partial charge on any atom is -0.397 e. The van der Waals surface area contributed by atoms with E-state index in [9.17, 15) is 9.90 Å². The molecule has 1 aromatic rings. The zero-order valence-electron chi connectivity index (χ0n) is 11.6. The first-order valence-electron chi connectivity index (χ1n) is 6.69. The molecular formula is C14H21N3O3. The molecule has 1 aromatic carbocycles. The topological polar surface area (TPSA) is 87.8 Å². The number of rotatable bonds is 4. The molecule has 6 nitrogen and oxygen atoms in total. The van der Waals surface area contributed by atoms with Crippen LogP contribution in [0, 0.1) is 6.92 Å². The Bertz CT molecular complexity index is 458. The van der Waals surface area contributed by atoms with Gasteiger partial charge in [0, 0.05) is 6.54 Å². The number of ether oxygens (including phenoxy) is 1. The molecule has 110 valence electrons. The van der Waals surface area contributed by atoms with Crippen LogP contribution in [0.4, 0.5) is 11.4 Å². The van der Waals surface area contributed by atoms with Crippen LogP contribution in [0.25, 0.3) is 0 Å². The maximum absolute atomic E-state index is 12.1. The lowest BCUT2D eigenvalue weighted by Gasteiger charge is -2.33. The maximum Gasteiger partial charge on any atom is 0.238 e. The van der Waals surface area contributed by atoms with Gasteiger partial charge in [-0.1, -0.05) is 12.1 Å². The summed E-state index contributed by atoms with van der Waals surface area (Å²) < 4.78 is 5.29. The Labute approximate surface area is 118 Å². The van der Waals surface area contributed by atoms with E-state index in [1.807, 2.05) is 24.0 Å². The number of nitrogens with zero attached hydrogens (tertiary/aromatic N) is 1. The first kappa shape index (κ1) is 14.8. The van der Waals surface area contributed by atoms with Crippen LogP contribution in [-0.2, 0) is 9.53 Å². The van der Waals surface area contributed by atoms with Crippen LogP contribution in [0.2, 0.25) is 0 Å². The van der Waals surface area contributed by atoms with Crippen molar-refractivity contribution in [3.8, 4) is 0 Å². The lowest BCUT2D eigenvalue weighted by Crippen LogP contribution is -2.50. The first-order chi connectivity index (χ1) is 9.61. The van der Waals surface area contributed by atoms with Gasteiger partial charge < -0.3 is 20.9 Å². The number of amides is 1. The number of nitrogens with two attached hydrogens (primary N) is 1. The van der Waals surface area contributed by atoms with Gasteiger partial charge in [0.2, 0.25) is 5.91 Å². The van der Waals surface area contributed by atoms with Gasteiger partial charge in [0.05, 0.1) is 43.8 Å². The van der Waals surface area contributed by atoms with Crippen molar-refractivity contribution in [3.05, 3.63) is 23.8 Å². The standard InChI is InChI=1S/C14H21N3O3/c1-10-3-2-4-12(15)14(10)16-13(19)7-17-5-6-20-9-11(17)8-18/h2-4,11,18H,5-9,15H2,1H3,(H,16,19). The summed E-state index contributed by atoms with van der Waals surface area (Å²) in [5, 5.41) is 12.1. The first-order valence-corrected chi connectivity index (χ1v) is 6.69. The van der Waals surface area contributed by atoms with Gasteiger partial charge in [-0.25, -0.2) is 0 Å². The van der Waals surface area contributed by atoms with E-state index in [2.05, 4.69) is 5.32 Å². The van der Waals surface area contributed by atoms with Crippen LogP contribution in [0.15, 0.2) is 18.2 Å². The molecule has 0 radical (unpaired) electrons. The highest BCUT2D eigenvalue weighted by Gasteiger charge is 2.24. The normalized spacial score (nSPS) is 19.8. The summed E-state index contributed by atoms with van der Waals surface area (Å²) in [7, 11) is 0. The quantitative estimate of drug-likeness (QED) is 0.686. The smallest absolute Gasteiger partial charge is 0.238 e. The minimum absolute atomic E-state index is 0.0141. The van der Waals surface area contributed by atoms with E-state index in [0.717, 1.165) is 5.56 Å². The number of para-hydroxylation sites is 1. The number of anilines is 2. The van der Waals surface area contributed by atoms with E-state index in [4.69, 9.17) is 10.5 Å². The number of aliphatic hydroxyl groups is 1. The molecule has 0 saturated carbocycles. The number of hydrogen-bond acceptors (Lipinski definition) is 5. The summed E-state index contributed by atoms with van der Waals surface area (Å²) in [6.07, 6.45) is 0. The van der Waals surface area contributed by atoms with Crippen molar-refractivity contribution < 1.29 is 14.6 Å². The van der Waals surface area contributed by atoms with E-state index in [1.165, 1.54) is 0 Å². The number of benzene rings is 1. The van der Waals surface area contributed by atoms with Crippen LogP contribution in [0.3, 0.4) is 0 Å². The Balaban J connectivity index is 1.98. The Morgan fingerprint density at radius 3 is 3.10 bits per heavy atom. The van der Waals surface area contributed by atoms with Crippen molar-refractivity contribution in [1.82, 2.24) is 4.90 Å². The fourth-order valence-corrected chi connectivity index (χ4v) is 2.29. The molecule has 1 fully saturated rings. The van der Waals surface area contributed by atoms with Crippen molar-refractivity contribution >= 4 is 17.3 Å². The second-order valence-corrected chi connectivity index (χ2v) is 4.97. The number of aryl methyl sites for hydroxylation is 1. The van der Waals surface area contributed by atoms with Crippen molar-refractivity contribution in [1.29, 1.82) is 0 Å². The summed E-state index contributed by atoms with van der Waals surface area (Å²) in [5.41, 5.74) is 8.01. The Morgan fingerprint density at radius 1 is 1.60 bits per heavy atom. The zero-order chi connectivity index (χ0) is 14.5. The molecule has 1 aliphatic heterocycles. The van der Waals surface area contributed by atoms with Gasteiger partial charge in [0.25, 0.3) is 0 Å². The third-order valence-corrected chi connectivity index (χ3v) is 3.48. The lowest BCUT2D eigenvalue weighted by atomic mass is 10.1. The van der Waals surface area contributed by atoms with E-state index >= 15 is 0 Å². The average molecular weight is 279 g/mol. The molecule has 20 heavy (non-hydrogen) atoms. The predicted molar refractivity (Wildman–Crippen MR) is 77.5 cm³/mol. The summed E-state index contributed by atoms with van der Waals surface area (Å²) in [6.45, 7) is 3.79. The number of aliphatic hydroxyl groups excluding tert-OH is 1. The van der Waals surface area contributed by atoms with Crippen LogP contribution in [-0.4, -0.2) is 54.9 Å². The van der Waals surface area contributed by atoms with Gasteiger partial charge in [0.15, 0.2) is 0 Å². The third-order valence-electron chi connectivity index (χ3n) is 3.48. The minimum atomic E-state index is -0.133. The number of morpholine rings is 1. The second kappa shape index (κ2) is 6.69. The molecule has 2 rings (SSSR count). The second-order valence-electron chi connectivity index (χ2n) is 4.97. The molecule has 0 aromatic heterocycles. The molecule has 1 heterocycles. The van der Waals surface area contributed by atoms with Gasteiger partial charge >= 0.3 is 0 Å².